The SMILES string of the molecule is Cc1ncc(C(=O)NC2CCCN(CC(F)(F)F)C2)c(C)n1. The summed E-state index contributed by atoms with van der Waals surface area (Å²) in [6, 6.07) is -0.288. The van der Waals surface area contributed by atoms with Gasteiger partial charge in [0.15, 0.2) is 0 Å². The molecule has 0 bridgehead atoms. The van der Waals surface area contributed by atoms with Gasteiger partial charge in [-0.1, -0.05) is 0 Å². The number of hydrogen-bond acceptors (Lipinski definition) is 4. The van der Waals surface area contributed by atoms with Crippen molar-refractivity contribution >= 4 is 5.91 Å². The topological polar surface area (TPSA) is 58.1 Å². The van der Waals surface area contributed by atoms with E-state index in [9.17, 15) is 18.0 Å². The van der Waals surface area contributed by atoms with Crippen LogP contribution in [0.2, 0.25) is 0 Å². The van der Waals surface area contributed by atoms with E-state index in [0.29, 0.717) is 36.5 Å². The average molecular weight is 316 g/mol. The first-order chi connectivity index (χ1) is 10.2. The molecule has 1 atom stereocenters. The van der Waals surface area contributed by atoms with E-state index in [1.165, 1.54) is 11.1 Å². The lowest BCUT2D eigenvalue weighted by molar-refractivity contribution is -0.148. The molecule has 1 aromatic heterocycles. The summed E-state index contributed by atoms with van der Waals surface area (Å²) in [5, 5.41) is 2.78. The molecule has 5 nitrogen and oxygen atoms in total. The standard InChI is InChI=1S/C14H19F3N4O/c1-9-12(6-18-10(2)19-9)13(22)20-11-4-3-5-21(7-11)8-14(15,16)17/h6,11H,3-5,7-8H2,1-2H3,(H,20,22). The molecular weight excluding hydrogens is 297 g/mol. The molecule has 0 saturated carbocycles. The molecule has 2 heterocycles. The molecule has 1 unspecified atom stereocenters. The molecule has 1 N–H and O–H groups in total. The zero-order valence-electron chi connectivity index (χ0n) is 12.6. The predicted octanol–water partition coefficient (Wildman–Crippen LogP) is 1.85. The summed E-state index contributed by atoms with van der Waals surface area (Å²) in [5.74, 6) is 0.236. The summed E-state index contributed by atoms with van der Waals surface area (Å²) < 4.78 is 37.3. The molecule has 2 rings (SSSR count). The van der Waals surface area contributed by atoms with Crippen LogP contribution in [0.3, 0.4) is 0 Å². The summed E-state index contributed by atoms with van der Waals surface area (Å²) in [6.45, 7) is 3.10. The maximum Gasteiger partial charge on any atom is 0.401 e. The van der Waals surface area contributed by atoms with Crippen molar-refractivity contribution in [2.75, 3.05) is 19.6 Å². The van der Waals surface area contributed by atoms with E-state index in [2.05, 4.69) is 15.3 Å². The van der Waals surface area contributed by atoms with Crippen molar-refractivity contribution in [2.45, 2.75) is 38.9 Å². The Labute approximate surface area is 126 Å². The van der Waals surface area contributed by atoms with Crippen molar-refractivity contribution in [3.63, 3.8) is 0 Å². The third-order valence-corrected chi connectivity index (χ3v) is 3.59. The fourth-order valence-electron chi connectivity index (χ4n) is 2.64. The molecule has 0 spiro atoms. The van der Waals surface area contributed by atoms with Gasteiger partial charge in [0.2, 0.25) is 0 Å². The largest absolute Gasteiger partial charge is 0.401 e. The fourth-order valence-corrected chi connectivity index (χ4v) is 2.64. The number of alkyl halides is 3. The minimum atomic E-state index is -4.21. The zero-order chi connectivity index (χ0) is 16.3. The van der Waals surface area contributed by atoms with Gasteiger partial charge in [-0.15, -0.1) is 0 Å². The van der Waals surface area contributed by atoms with Gasteiger partial charge in [-0.25, -0.2) is 9.97 Å². The van der Waals surface area contributed by atoms with Crippen LogP contribution in [0.15, 0.2) is 6.20 Å². The monoisotopic (exact) mass is 316 g/mol. The van der Waals surface area contributed by atoms with Crippen LogP contribution in [-0.2, 0) is 0 Å². The Morgan fingerprint density at radius 1 is 1.45 bits per heavy atom. The van der Waals surface area contributed by atoms with Crippen molar-refractivity contribution in [3.8, 4) is 0 Å². The minimum Gasteiger partial charge on any atom is -0.348 e. The quantitative estimate of drug-likeness (QED) is 0.924. The van der Waals surface area contributed by atoms with Gasteiger partial charge >= 0.3 is 6.18 Å². The highest BCUT2D eigenvalue weighted by molar-refractivity contribution is 5.95. The van der Waals surface area contributed by atoms with Crippen molar-refractivity contribution in [2.24, 2.45) is 0 Å². The number of aryl methyl sites for hydroxylation is 2. The third-order valence-electron chi connectivity index (χ3n) is 3.59. The number of amides is 1. The molecule has 1 aromatic rings. The van der Waals surface area contributed by atoms with E-state index < -0.39 is 12.7 Å². The van der Waals surface area contributed by atoms with Crippen LogP contribution in [0.25, 0.3) is 0 Å². The van der Waals surface area contributed by atoms with Crippen LogP contribution in [0.5, 0.6) is 0 Å². The number of nitrogens with one attached hydrogen (secondary N) is 1. The van der Waals surface area contributed by atoms with Crippen LogP contribution in [0.4, 0.5) is 13.2 Å². The highest BCUT2D eigenvalue weighted by Crippen LogP contribution is 2.20. The molecule has 22 heavy (non-hydrogen) atoms. The molecule has 8 heteroatoms. The van der Waals surface area contributed by atoms with E-state index in [-0.39, 0.29) is 18.5 Å². The highest BCUT2D eigenvalue weighted by Gasteiger charge is 2.33. The first kappa shape index (κ1) is 16.7. The van der Waals surface area contributed by atoms with E-state index in [1.807, 2.05) is 0 Å². The predicted molar refractivity (Wildman–Crippen MR) is 74.5 cm³/mol. The van der Waals surface area contributed by atoms with E-state index >= 15 is 0 Å². The number of halogens is 3. The van der Waals surface area contributed by atoms with Gasteiger partial charge in [-0.2, -0.15) is 13.2 Å². The van der Waals surface area contributed by atoms with Crippen LogP contribution in [0, 0.1) is 13.8 Å². The number of hydrogen-bond donors (Lipinski definition) is 1. The number of rotatable bonds is 3. The smallest absolute Gasteiger partial charge is 0.348 e. The molecule has 0 aromatic carbocycles. The fraction of sp³-hybridized carbons (Fsp3) is 0.643. The van der Waals surface area contributed by atoms with Gasteiger partial charge in [-0.05, 0) is 33.2 Å². The summed E-state index contributed by atoms with van der Waals surface area (Å²) in [7, 11) is 0. The summed E-state index contributed by atoms with van der Waals surface area (Å²) in [6.07, 6.45) is -1.47. The summed E-state index contributed by atoms with van der Waals surface area (Å²) in [4.78, 5) is 21.6. The summed E-state index contributed by atoms with van der Waals surface area (Å²) >= 11 is 0. The molecule has 1 fully saturated rings. The lowest BCUT2D eigenvalue weighted by atomic mass is 10.0. The molecule has 1 saturated heterocycles. The first-order valence-corrected chi connectivity index (χ1v) is 7.15. The number of carbonyl (C=O) groups is 1. The Kier molecular flexibility index (Phi) is 5.00. The summed E-state index contributed by atoms with van der Waals surface area (Å²) in [5.41, 5.74) is 0.923. The maximum atomic E-state index is 12.4. The van der Waals surface area contributed by atoms with E-state index in [4.69, 9.17) is 0 Å². The lowest BCUT2D eigenvalue weighted by Crippen LogP contribution is -2.50. The van der Waals surface area contributed by atoms with Crippen molar-refractivity contribution in [1.29, 1.82) is 0 Å². The molecule has 1 amide bonds. The van der Waals surface area contributed by atoms with Gasteiger partial charge in [0.05, 0.1) is 17.8 Å². The number of aromatic nitrogens is 2. The highest BCUT2D eigenvalue weighted by atomic mass is 19.4. The second kappa shape index (κ2) is 6.60. The normalized spacial score (nSPS) is 20.0. The molecular formula is C14H19F3N4O. The number of piperidine rings is 1. The van der Waals surface area contributed by atoms with Crippen molar-refractivity contribution < 1.29 is 18.0 Å². The second-order valence-corrected chi connectivity index (χ2v) is 5.58. The van der Waals surface area contributed by atoms with Crippen LogP contribution in [0.1, 0.15) is 34.7 Å². The van der Waals surface area contributed by atoms with Crippen LogP contribution in [-0.4, -0.2) is 52.6 Å². The minimum absolute atomic E-state index is 0.205. The molecule has 122 valence electrons. The van der Waals surface area contributed by atoms with Gasteiger partial charge in [0, 0.05) is 18.8 Å². The maximum absolute atomic E-state index is 12.4. The zero-order valence-corrected chi connectivity index (χ0v) is 12.6. The molecule has 0 aliphatic carbocycles. The van der Waals surface area contributed by atoms with E-state index in [0.717, 1.165) is 0 Å². The van der Waals surface area contributed by atoms with Crippen molar-refractivity contribution in [1.82, 2.24) is 20.2 Å². The number of likely N-dealkylation sites (tertiary alicyclic amines) is 1. The molecule has 0 radical (unpaired) electrons. The Balaban J connectivity index is 1.96. The lowest BCUT2D eigenvalue weighted by Gasteiger charge is -2.33. The Hall–Kier alpha value is -1.70. The Morgan fingerprint density at radius 2 is 2.18 bits per heavy atom. The van der Waals surface area contributed by atoms with Gasteiger partial charge in [-0.3, -0.25) is 9.69 Å². The number of carbonyl (C=O) groups excluding carboxylic acids is 1. The van der Waals surface area contributed by atoms with Gasteiger partial charge < -0.3 is 5.32 Å². The van der Waals surface area contributed by atoms with E-state index in [1.54, 1.807) is 13.8 Å². The van der Waals surface area contributed by atoms with Crippen molar-refractivity contribution in [3.05, 3.63) is 23.3 Å². The third kappa shape index (κ3) is 4.66. The number of nitrogens with zero attached hydrogens (tertiary/aromatic N) is 3. The van der Waals surface area contributed by atoms with Gasteiger partial charge in [0.1, 0.15) is 5.82 Å². The molecule has 1 aliphatic heterocycles. The Morgan fingerprint density at radius 3 is 2.82 bits per heavy atom. The first-order valence-electron chi connectivity index (χ1n) is 7.15. The van der Waals surface area contributed by atoms with Crippen LogP contribution >= 0.6 is 0 Å². The van der Waals surface area contributed by atoms with Gasteiger partial charge in [0.25, 0.3) is 5.91 Å². The second-order valence-electron chi connectivity index (χ2n) is 5.58. The van der Waals surface area contributed by atoms with Crippen LogP contribution < -0.4 is 5.32 Å². The molecule has 1 aliphatic rings. The Bertz CT molecular complexity index is 547. The average Bonchev–Trinajstić information content (AvgIpc) is 2.36.